The molecule has 1 N–H and O–H groups in total. The molecule has 2 aliphatic rings. The van der Waals surface area contributed by atoms with Gasteiger partial charge in [0.2, 0.25) is 0 Å². The lowest BCUT2D eigenvalue weighted by molar-refractivity contribution is 0.0891. The Balaban J connectivity index is 1.67. The van der Waals surface area contributed by atoms with Gasteiger partial charge in [-0.05, 0) is 18.4 Å². The molecule has 3 heteroatoms. The molecule has 2 aliphatic heterocycles. The molecule has 1 aromatic rings. The fraction of sp³-hybridized carbons (Fsp3) is 0.600. The molecule has 98 valence electrons. The molecule has 1 aromatic carbocycles. The van der Waals surface area contributed by atoms with Gasteiger partial charge in [-0.1, -0.05) is 30.3 Å². The van der Waals surface area contributed by atoms with Crippen molar-refractivity contribution < 1.29 is 4.74 Å². The molecular weight excluding hydrogens is 224 g/mol. The molecule has 0 saturated carbocycles. The lowest BCUT2D eigenvalue weighted by atomic mass is 10.0. The summed E-state index contributed by atoms with van der Waals surface area (Å²) in [4.78, 5) is 2.66. The Hall–Kier alpha value is -0.900. The third kappa shape index (κ3) is 2.74. The van der Waals surface area contributed by atoms with Gasteiger partial charge in [-0.2, -0.15) is 0 Å². The van der Waals surface area contributed by atoms with Crippen molar-refractivity contribution in [1.82, 2.24) is 10.2 Å². The topological polar surface area (TPSA) is 24.5 Å². The number of piperazine rings is 1. The van der Waals surface area contributed by atoms with Gasteiger partial charge in [0.1, 0.15) is 0 Å². The van der Waals surface area contributed by atoms with Crippen molar-refractivity contribution in [3.63, 3.8) is 0 Å². The first-order valence-electron chi connectivity index (χ1n) is 7.01. The fourth-order valence-corrected chi connectivity index (χ4v) is 3.12. The molecule has 0 aliphatic carbocycles. The van der Waals surface area contributed by atoms with Crippen LogP contribution < -0.4 is 5.32 Å². The Kier molecular flexibility index (Phi) is 3.93. The Morgan fingerprint density at radius 2 is 2.17 bits per heavy atom. The highest BCUT2D eigenvalue weighted by Gasteiger charge is 2.30. The molecule has 0 spiro atoms. The van der Waals surface area contributed by atoms with Crippen LogP contribution in [0.5, 0.6) is 0 Å². The zero-order valence-corrected chi connectivity index (χ0v) is 10.8. The minimum absolute atomic E-state index is 0.618. The van der Waals surface area contributed by atoms with Crippen LogP contribution in [0.1, 0.15) is 12.0 Å². The lowest BCUT2D eigenvalue weighted by Crippen LogP contribution is -2.56. The first-order chi connectivity index (χ1) is 8.93. The molecule has 0 radical (unpaired) electrons. The highest BCUT2D eigenvalue weighted by Crippen LogP contribution is 2.19. The predicted molar refractivity (Wildman–Crippen MR) is 72.7 cm³/mol. The summed E-state index contributed by atoms with van der Waals surface area (Å²) in [5, 5.41) is 3.53. The molecule has 0 aromatic heterocycles. The van der Waals surface area contributed by atoms with Gasteiger partial charge in [0.25, 0.3) is 0 Å². The van der Waals surface area contributed by atoms with E-state index in [4.69, 9.17) is 4.74 Å². The Morgan fingerprint density at radius 1 is 1.28 bits per heavy atom. The Bertz CT molecular complexity index is 362. The number of hydrogen-bond donors (Lipinski definition) is 1. The number of rotatable bonds is 3. The van der Waals surface area contributed by atoms with Gasteiger partial charge >= 0.3 is 0 Å². The Morgan fingerprint density at radius 3 is 2.94 bits per heavy atom. The van der Waals surface area contributed by atoms with Crippen LogP contribution in [-0.2, 0) is 11.2 Å². The van der Waals surface area contributed by atoms with Gasteiger partial charge in [0.15, 0.2) is 0 Å². The molecule has 2 unspecified atom stereocenters. The molecule has 18 heavy (non-hydrogen) atoms. The predicted octanol–water partition coefficient (Wildman–Crippen LogP) is 1.29. The second kappa shape index (κ2) is 5.83. The van der Waals surface area contributed by atoms with Crippen LogP contribution >= 0.6 is 0 Å². The Labute approximate surface area is 109 Å². The van der Waals surface area contributed by atoms with Crippen LogP contribution in [0.15, 0.2) is 30.3 Å². The average molecular weight is 246 g/mol. The maximum absolute atomic E-state index is 5.55. The van der Waals surface area contributed by atoms with E-state index in [1.165, 1.54) is 12.0 Å². The van der Waals surface area contributed by atoms with Gasteiger partial charge in [-0.15, -0.1) is 0 Å². The van der Waals surface area contributed by atoms with Gasteiger partial charge < -0.3 is 10.1 Å². The van der Waals surface area contributed by atoms with Crippen LogP contribution in [0.3, 0.4) is 0 Å². The van der Waals surface area contributed by atoms with E-state index in [0.717, 1.165) is 39.3 Å². The van der Waals surface area contributed by atoms with Gasteiger partial charge in [-0.3, -0.25) is 4.90 Å². The molecule has 0 bridgehead atoms. The number of nitrogens with zero attached hydrogens (tertiary/aromatic N) is 1. The zero-order chi connectivity index (χ0) is 12.2. The minimum Gasteiger partial charge on any atom is -0.380 e. The number of hydrogen-bond acceptors (Lipinski definition) is 3. The summed E-state index contributed by atoms with van der Waals surface area (Å²) in [7, 11) is 0. The first kappa shape index (κ1) is 12.2. The van der Waals surface area contributed by atoms with E-state index in [0.29, 0.717) is 12.1 Å². The van der Waals surface area contributed by atoms with Crippen molar-refractivity contribution in [3.05, 3.63) is 35.9 Å². The zero-order valence-electron chi connectivity index (χ0n) is 10.8. The standard InChI is InChI=1S/C15H22N2O/c1-2-4-13(5-3-1)10-15-11-16-7-8-17(15)14-6-9-18-12-14/h1-5,14-16H,6-12H2. The number of ether oxygens (including phenoxy) is 1. The summed E-state index contributed by atoms with van der Waals surface area (Å²) in [5.74, 6) is 0. The maximum atomic E-state index is 5.55. The van der Waals surface area contributed by atoms with Crippen LogP contribution in [0.4, 0.5) is 0 Å². The van der Waals surface area contributed by atoms with Crippen LogP contribution in [0, 0.1) is 0 Å². The molecule has 2 saturated heterocycles. The molecule has 0 amide bonds. The summed E-state index contributed by atoms with van der Waals surface area (Å²) in [6.45, 7) is 5.23. The molecule has 3 rings (SSSR count). The summed E-state index contributed by atoms with van der Waals surface area (Å²) >= 11 is 0. The molecule has 2 heterocycles. The van der Waals surface area contributed by atoms with Crippen molar-refractivity contribution in [3.8, 4) is 0 Å². The van der Waals surface area contributed by atoms with Crippen molar-refractivity contribution in [1.29, 1.82) is 0 Å². The largest absolute Gasteiger partial charge is 0.380 e. The van der Waals surface area contributed by atoms with E-state index in [1.807, 2.05) is 0 Å². The second-order valence-electron chi connectivity index (χ2n) is 5.30. The van der Waals surface area contributed by atoms with Crippen molar-refractivity contribution in [2.75, 3.05) is 32.8 Å². The van der Waals surface area contributed by atoms with E-state index in [1.54, 1.807) is 0 Å². The quantitative estimate of drug-likeness (QED) is 0.870. The van der Waals surface area contributed by atoms with E-state index >= 15 is 0 Å². The molecular formula is C15H22N2O. The lowest BCUT2D eigenvalue weighted by Gasteiger charge is -2.39. The third-order valence-corrected chi connectivity index (χ3v) is 4.08. The molecule has 2 atom stereocenters. The van der Waals surface area contributed by atoms with E-state index < -0.39 is 0 Å². The van der Waals surface area contributed by atoms with Crippen LogP contribution in [0.2, 0.25) is 0 Å². The van der Waals surface area contributed by atoms with Crippen molar-refractivity contribution in [2.24, 2.45) is 0 Å². The minimum atomic E-state index is 0.618. The summed E-state index contributed by atoms with van der Waals surface area (Å²) in [6, 6.07) is 12.1. The third-order valence-electron chi connectivity index (χ3n) is 4.08. The van der Waals surface area contributed by atoms with E-state index in [2.05, 4.69) is 40.5 Å². The van der Waals surface area contributed by atoms with Crippen LogP contribution in [-0.4, -0.2) is 49.8 Å². The van der Waals surface area contributed by atoms with E-state index in [-0.39, 0.29) is 0 Å². The number of benzene rings is 1. The maximum Gasteiger partial charge on any atom is 0.0622 e. The highest BCUT2D eigenvalue weighted by atomic mass is 16.5. The van der Waals surface area contributed by atoms with Crippen molar-refractivity contribution >= 4 is 0 Å². The molecule has 2 fully saturated rings. The summed E-state index contributed by atoms with van der Waals surface area (Å²) in [5.41, 5.74) is 1.44. The monoisotopic (exact) mass is 246 g/mol. The van der Waals surface area contributed by atoms with Crippen molar-refractivity contribution in [2.45, 2.75) is 24.9 Å². The fourth-order valence-electron chi connectivity index (χ4n) is 3.12. The van der Waals surface area contributed by atoms with Crippen LogP contribution in [0.25, 0.3) is 0 Å². The second-order valence-corrected chi connectivity index (χ2v) is 5.30. The first-order valence-corrected chi connectivity index (χ1v) is 7.01. The van der Waals surface area contributed by atoms with E-state index in [9.17, 15) is 0 Å². The van der Waals surface area contributed by atoms with Gasteiger partial charge in [0, 0.05) is 38.3 Å². The number of nitrogens with one attached hydrogen (secondary N) is 1. The summed E-state index contributed by atoms with van der Waals surface area (Å²) in [6.07, 6.45) is 2.34. The van der Waals surface area contributed by atoms with Gasteiger partial charge in [0.05, 0.1) is 6.61 Å². The SMILES string of the molecule is c1ccc(CC2CNCCN2C2CCOC2)cc1. The molecule has 3 nitrogen and oxygen atoms in total. The normalized spacial score (nSPS) is 29.6. The van der Waals surface area contributed by atoms with Gasteiger partial charge in [-0.25, -0.2) is 0 Å². The summed E-state index contributed by atoms with van der Waals surface area (Å²) < 4.78 is 5.55. The highest BCUT2D eigenvalue weighted by molar-refractivity contribution is 5.16. The average Bonchev–Trinajstić information content (AvgIpc) is 2.94. The smallest absolute Gasteiger partial charge is 0.0622 e.